The minimum atomic E-state index is -0.156. The number of rotatable bonds is 4. The van der Waals surface area contributed by atoms with Crippen LogP contribution in [-0.2, 0) is 0 Å². The number of alkyl halides is 1. The first-order valence-electron chi connectivity index (χ1n) is 3.37. The predicted octanol–water partition coefficient (Wildman–Crippen LogP) is -0.232. The Balaban J connectivity index is 0. The van der Waals surface area contributed by atoms with Crippen LogP contribution < -0.4 is 18.9 Å². The average molecular weight is 151 g/mol. The molecule has 0 aliphatic rings. The minimum Gasteiger partial charge on any atom is -0.692 e. The molecule has 0 bridgehead atoms. The van der Waals surface area contributed by atoms with Crippen molar-refractivity contribution in [2.45, 2.75) is 38.0 Å². The summed E-state index contributed by atoms with van der Waals surface area (Å²) in [5.74, 6) is 2.24. The van der Waals surface area contributed by atoms with Gasteiger partial charge in [0.2, 0.25) is 0 Å². The molecule has 0 amide bonds. The van der Waals surface area contributed by atoms with E-state index in [1.54, 1.807) is 0 Å². The summed E-state index contributed by atoms with van der Waals surface area (Å²) in [7, 11) is 0. The van der Waals surface area contributed by atoms with Crippen molar-refractivity contribution in [1.82, 2.24) is 0 Å². The van der Waals surface area contributed by atoms with Crippen molar-refractivity contribution in [2.75, 3.05) is 0 Å². The summed E-state index contributed by atoms with van der Waals surface area (Å²) in [5, 5.41) is -0.156. The summed E-state index contributed by atoms with van der Waals surface area (Å²) >= 11 is 5.60. The van der Waals surface area contributed by atoms with Gasteiger partial charge in [-0.2, -0.15) is 0 Å². The van der Waals surface area contributed by atoms with E-state index in [1.165, 1.54) is 12.8 Å². The van der Waals surface area contributed by atoms with Gasteiger partial charge in [-0.15, -0.1) is 11.6 Å². The standard InChI is InChI=1S/C8H12Cl.Li/c1-3-5-6-7-8(9)4-2;/h8H,3,5-7H2,1H3;/q-1;+1/t8-;/m1./s1. The summed E-state index contributed by atoms with van der Waals surface area (Å²) in [4.78, 5) is 0. The van der Waals surface area contributed by atoms with Crippen LogP contribution in [0, 0.1) is 12.3 Å². The summed E-state index contributed by atoms with van der Waals surface area (Å²) < 4.78 is 0. The van der Waals surface area contributed by atoms with Crippen molar-refractivity contribution in [1.29, 1.82) is 0 Å². The molecule has 0 aliphatic heterocycles. The molecule has 0 saturated carbocycles. The molecule has 0 aromatic heterocycles. The maximum Gasteiger partial charge on any atom is 1.00 e. The van der Waals surface area contributed by atoms with Gasteiger partial charge in [0.05, 0.1) is 5.38 Å². The molecule has 0 aromatic rings. The number of halogens is 1. The molecule has 1 atom stereocenters. The van der Waals surface area contributed by atoms with E-state index >= 15 is 0 Å². The van der Waals surface area contributed by atoms with Crippen molar-refractivity contribution in [3.8, 4) is 5.92 Å². The maximum absolute atomic E-state index is 6.66. The second-order valence-corrected chi connectivity index (χ2v) is 2.63. The zero-order chi connectivity index (χ0) is 7.11. The molecule has 0 fully saturated rings. The predicted molar refractivity (Wildman–Crippen MR) is 40.9 cm³/mol. The Hall–Kier alpha value is 0.447. The molecule has 0 unspecified atom stereocenters. The van der Waals surface area contributed by atoms with E-state index < -0.39 is 0 Å². The van der Waals surface area contributed by atoms with E-state index in [0.29, 0.717) is 0 Å². The Morgan fingerprint density at radius 2 is 2.10 bits per heavy atom. The molecular weight excluding hydrogens is 138 g/mol. The molecule has 52 valence electrons. The van der Waals surface area contributed by atoms with Gasteiger partial charge in [-0.25, -0.2) is 0 Å². The second kappa shape index (κ2) is 9.45. The van der Waals surface area contributed by atoms with Crippen LogP contribution in [0.15, 0.2) is 0 Å². The summed E-state index contributed by atoms with van der Waals surface area (Å²) in [6.45, 7) is 2.15. The topological polar surface area (TPSA) is 0 Å². The molecule has 0 rings (SSSR count). The number of unbranched alkanes of at least 4 members (excludes halogenated alkanes) is 2. The first kappa shape index (κ1) is 13.1. The molecule has 0 spiro atoms. The Morgan fingerprint density at radius 3 is 2.50 bits per heavy atom. The molecule has 0 aromatic carbocycles. The summed E-state index contributed by atoms with van der Waals surface area (Å²) in [6, 6.07) is 0. The molecule has 10 heavy (non-hydrogen) atoms. The van der Waals surface area contributed by atoms with Gasteiger partial charge < -0.3 is 12.3 Å². The van der Waals surface area contributed by atoms with Crippen LogP contribution in [-0.4, -0.2) is 5.38 Å². The summed E-state index contributed by atoms with van der Waals surface area (Å²) in [5.41, 5.74) is 0. The molecule has 0 nitrogen and oxygen atoms in total. The monoisotopic (exact) mass is 150 g/mol. The Kier molecular flexibility index (Phi) is 12.3. The Bertz CT molecular complexity index is 95.9. The van der Waals surface area contributed by atoms with Gasteiger partial charge >= 0.3 is 18.9 Å². The second-order valence-electron chi connectivity index (χ2n) is 2.11. The zero-order valence-corrected chi connectivity index (χ0v) is 7.54. The largest absolute Gasteiger partial charge is 1.00 e. The molecule has 0 radical (unpaired) electrons. The summed E-state index contributed by atoms with van der Waals surface area (Å²) in [6.07, 6.45) is 11.1. The van der Waals surface area contributed by atoms with Crippen molar-refractivity contribution in [2.24, 2.45) is 0 Å². The average Bonchev–Trinajstić information content (AvgIpc) is 1.89. The van der Waals surface area contributed by atoms with E-state index in [0.717, 1.165) is 12.8 Å². The van der Waals surface area contributed by atoms with Gasteiger partial charge in [-0.1, -0.05) is 26.2 Å². The minimum absolute atomic E-state index is 0. The molecule has 0 aliphatic carbocycles. The molecule has 2 heteroatoms. The Labute approximate surface area is 80.9 Å². The zero-order valence-electron chi connectivity index (χ0n) is 6.78. The first-order chi connectivity index (χ1) is 4.31. The third kappa shape index (κ3) is 8.45. The normalized spacial score (nSPS) is 11.3. The van der Waals surface area contributed by atoms with Gasteiger partial charge in [0.25, 0.3) is 0 Å². The van der Waals surface area contributed by atoms with E-state index in [4.69, 9.17) is 18.0 Å². The van der Waals surface area contributed by atoms with Crippen LogP contribution in [0.3, 0.4) is 0 Å². The van der Waals surface area contributed by atoms with Gasteiger partial charge in [-0.3, -0.25) is 0 Å². The fourth-order valence-electron chi connectivity index (χ4n) is 0.646. The molecule has 0 heterocycles. The Morgan fingerprint density at radius 1 is 1.50 bits per heavy atom. The van der Waals surface area contributed by atoms with Gasteiger partial charge in [0.15, 0.2) is 0 Å². The van der Waals surface area contributed by atoms with Crippen molar-refractivity contribution >= 4 is 11.6 Å². The van der Waals surface area contributed by atoms with Crippen LogP contribution in [0.5, 0.6) is 0 Å². The number of hydrogen-bond acceptors (Lipinski definition) is 0. The van der Waals surface area contributed by atoms with Crippen molar-refractivity contribution in [3.63, 3.8) is 0 Å². The van der Waals surface area contributed by atoms with Crippen LogP contribution in [0.2, 0.25) is 0 Å². The van der Waals surface area contributed by atoms with Crippen LogP contribution >= 0.6 is 11.6 Å². The maximum atomic E-state index is 6.66. The SMILES string of the molecule is [C-]#C[C@@H](Cl)CCCCC.[Li+]. The van der Waals surface area contributed by atoms with E-state index in [-0.39, 0.29) is 24.2 Å². The fraction of sp³-hybridized carbons (Fsp3) is 0.750. The molecular formula is C8H12ClLi. The van der Waals surface area contributed by atoms with Crippen LogP contribution in [0.25, 0.3) is 0 Å². The van der Waals surface area contributed by atoms with Crippen LogP contribution in [0.4, 0.5) is 0 Å². The van der Waals surface area contributed by atoms with Gasteiger partial charge in [0.1, 0.15) is 0 Å². The third-order valence-corrected chi connectivity index (χ3v) is 1.55. The third-order valence-electron chi connectivity index (χ3n) is 1.22. The van der Waals surface area contributed by atoms with E-state index in [9.17, 15) is 0 Å². The smallest absolute Gasteiger partial charge is 0.692 e. The molecule has 0 N–H and O–H groups in total. The fourth-order valence-corrected chi connectivity index (χ4v) is 0.800. The molecule has 0 saturated heterocycles. The first-order valence-corrected chi connectivity index (χ1v) is 3.81. The van der Waals surface area contributed by atoms with Gasteiger partial charge in [-0.05, 0) is 6.42 Å². The van der Waals surface area contributed by atoms with E-state index in [2.05, 4.69) is 12.8 Å². The van der Waals surface area contributed by atoms with Crippen molar-refractivity contribution < 1.29 is 18.9 Å². The van der Waals surface area contributed by atoms with Crippen LogP contribution in [0.1, 0.15) is 32.6 Å². The quantitative estimate of drug-likeness (QED) is 0.171. The van der Waals surface area contributed by atoms with E-state index in [1.807, 2.05) is 0 Å². The van der Waals surface area contributed by atoms with Gasteiger partial charge in [0, 0.05) is 0 Å². The van der Waals surface area contributed by atoms with Crippen molar-refractivity contribution in [3.05, 3.63) is 6.42 Å². The number of hydrogen-bond donors (Lipinski definition) is 0.